The molecule has 2 aromatic rings. The Labute approximate surface area is 134 Å². The maximum atomic E-state index is 12.1. The van der Waals surface area contributed by atoms with Crippen LogP contribution in [0.4, 0.5) is 16.2 Å². The molecule has 6 heteroatoms. The first-order valence-electron chi connectivity index (χ1n) is 7.31. The molecule has 0 heterocycles. The van der Waals surface area contributed by atoms with Gasteiger partial charge in [-0.3, -0.25) is 4.79 Å². The van der Waals surface area contributed by atoms with Crippen LogP contribution in [0.5, 0.6) is 0 Å². The van der Waals surface area contributed by atoms with E-state index in [1.165, 1.54) is 0 Å². The van der Waals surface area contributed by atoms with Gasteiger partial charge in [-0.15, -0.1) is 0 Å². The molecule has 2 aromatic carbocycles. The Kier molecular flexibility index (Phi) is 6.14. The van der Waals surface area contributed by atoms with Crippen LogP contribution in [0.1, 0.15) is 16.8 Å². The third kappa shape index (κ3) is 5.44. The molecule has 6 nitrogen and oxygen atoms in total. The minimum atomic E-state index is -0.347. The molecule has 0 radical (unpaired) electrons. The first-order valence-corrected chi connectivity index (χ1v) is 7.31. The number of nitrogens with one attached hydrogen (secondary N) is 3. The summed E-state index contributed by atoms with van der Waals surface area (Å²) in [5.74, 6) is -0.213. The number of carbonyl (C=O) groups is 2. The molecule has 0 aromatic heterocycles. The average molecular weight is 313 g/mol. The van der Waals surface area contributed by atoms with Gasteiger partial charge in [-0.1, -0.05) is 18.2 Å². The molecule has 0 saturated heterocycles. The van der Waals surface area contributed by atoms with E-state index in [0.717, 1.165) is 5.69 Å². The number of amides is 3. The van der Waals surface area contributed by atoms with Gasteiger partial charge in [0.05, 0.1) is 0 Å². The second-order valence-corrected chi connectivity index (χ2v) is 4.86. The minimum absolute atomic E-state index is 0.0332. The third-order valence-corrected chi connectivity index (χ3v) is 3.06. The van der Waals surface area contributed by atoms with Crippen molar-refractivity contribution in [2.45, 2.75) is 6.42 Å². The summed E-state index contributed by atoms with van der Waals surface area (Å²) < 4.78 is 0. The van der Waals surface area contributed by atoms with E-state index in [1.807, 2.05) is 30.3 Å². The zero-order chi connectivity index (χ0) is 16.5. The van der Waals surface area contributed by atoms with E-state index >= 15 is 0 Å². The van der Waals surface area contributed by atoms with Crippen molar-refractivity contribution in [2.24, 2.45) is 0 Å². The standard InChI is InChI=1S/C17H19N3O3/c21-12-4-11-18-17(23)20-15-9-7-13(8-10-15)16(22)19-14-5-2-1-3-6-14/h1-3,5-10,21H,4,11-12H2,(H,19,22)(H2,18,20,23). The van der Waals surface area contributed by atoms with Crippen molar-refractivity contribution in [3.8, 4) is 0 Å². The lowest BCUT2D eigenvalue weighted by Gasteiger charge is -2.08. The maximum Gasteiger partial charge on any atom is 0.319 e. The van der Waals surface area contributed by atoms with Crippen molar-refractivity contribution >= 4 is 23.3 Å². The molecule has 0 bridgehead atoms. The van der Waals surface area contributed by atoms with Crippen LogP contribution in [-0.2, 0) is 0 Å². The molecule has 0 aliphatic heterocycles. The van der Waals surface area contributed by atoms with E-state index in [0.29, 0.717) is 24.2 Å². The van der Waals surface area contributed by atoms with Gasteiger partial charge in [-0.2, -0.15) is 0 Å². The zero-order valence-corrected chi connectivity index (χ0v) is 12.6. The van der Waals surface area contributed by atoms with E-state index < -0.39 is 0 Å². The van der Waals surface area contributed by atoms with Gasteiger partial charge in [-0.05, 0) is 42.8 Å². The van der Waals surface area contributed by atoms with Gasteiger partial charge < -0.3 is 21.1 Å². The zero-order valence-electron chi connectivity index (χ0n) is 12.6. The number of rotatable bonds is 6. The summed E-state index contributed by atoms with van der Waals surface area (Å²) in [6, 6.07) is 15.4. The number of aliphatic hydroxyl groups excluding tert-OH is 1. The predicted molar refractivity (Wildman–Crippen MR) is 89.6 cm³/mol. The number of aliphatic hydroxyl groups is 1. The van der Waals surface area contributed by atoms with Gasteiger partial charge in [0.1, 0.15) is 0 Å². The number of hydrogen-bond acceptors (Lipinski definition) is 3. The van der Waals surface area contributed by atoms with Gasteiger partial charge >= 0.3 is 6.03 Å². The highest BCUT2D eigenvalue weighted by Gasteiger charge is 2.06. The third-order valence-electron chi connectivity index (χ3n) is 3.06. The van der Waals surface area contributed by atoms with Crippen LogP contribution < -0.4 is 16.0 Å². The van der Waals surface area contributed by atoms with Crippen molar-refractivity contribution in [1.29, 1.82) is 0 Å². The summed E-state index contributed by atoms with van der Waals surface area (Å²) in [6.07, 6.45) is 0.506. The number of hydrogen-bond donors (Lipinski definition) is 4. The first kappa shape index (κ1) is 16.5. The van der Waals surface area contributed by atoms with Gasteiger partial charge in [0.15, 0.2) is 0 Å². The average Bonchev–Trinajstić information content (AvgIpc) is 2.56. The van der Waals surface area contributed by atoms with E-state index in [4.69, 9.17) is 5.11 Å². The number of urea groups is 1. The normalized spacial score (nSPS) is 9.96. The van der Waals surface area contributed by atoms with E-state index in [2.05, 4.69) is 16.0 Å². The second-order valence-electron chi connectivity index (χ2n) is 4.86. The maximum absolute atomic E-state index is 12.1. The molecule has 0 aliphatic rings. The van der Waals surface area contributed by atoms with Crippen LogP contribution in [0.3, 0.4) is 0 Å². The number of anilines is 2. The van der Waals surface area contributed by atoms with Gasteiger partial charge in [-0.25, -0.2) is 4.79 Å². The highest BCUT2D eigenvalue weighted by Crippen LogP contribution is 2.12. The molecule has 120 valence electrons. The smallest absolute Gasteiger partial charge is 0.319 e. The SMILES string of the molecule is O=C(NCCCO)Nc1ccc(C(=O)Nc2ccccc2)cc1. The van der Waals surface area contributed by atoms with Gasteiger partial charge in [0.2, 0.25) is 0 Å². The Hall–Kier alpha value is -2.86. The van der Waals surface area contributed by atoms with Gasteiger partial charge in [0, 0.05) is 30.1 Å². The van der Waals surface area contributed by atoms with Crippen LogP contribution in [0, 0.1) is 0 Å². The number of benzene rings is 2. The predicted octanol–water partition coefficient (Wildman–Crippen LogP) is 2.44. The minimum Gasteiger partial charge on any atom is -0.396 e. The highest BCUT2D eigenvalue weighted by atomic mass is 16.3. The highest BCUT2D eigenvalue weighted by molar-refractivity contribution is 6.04. The molecule has 3 amide bonds. The lowest BCUT2D eigenvalue weighted by atomic mass is 10.2. The molecule has 0 unspecified atom stereocenters. The molecular formula is C17H19N3O3. The molecule has 0 aliphatic carbocycles. The van der Waals surface area contributed by atoms with Gasteiger partial charge in [0.25, 0.3) is 5.91 Å². The van der Waals surface area contributed by atoms with E-state index in [1.54, 1.807) is 24.3 Å². The first-order chi connectivity index (χ1) is 11.2. The van der Waals surface area contributed by atoms with Crippen molar-refractivity contribution in [1.82, 2.24) is 5.32 Å². The molecule has 0 saturated carbocycles. The molecule has 0 atom stereocenters. The molecule has 2 rings (SSSR count). The summed E-state index contributed by atoms with van der Waals surface area (Å²) in [5, 5.41) is 16.7. The largest absolute Gasteiger partial charge is 0.396 e. The Morgan fingerprint density at radius 1 is 0.870 bits per heavy atom. The molecule has 23 heavy (non-hydrogen) atoms. The monoisotopic (exact) mass is 313 g/mol. The Morgan fingerprint density at radius 2 is 1.52 bits per heavy atom. The Balaban J connectivity index is 1.88. The molecular weight excluding hydrogens is 294 g/mol. The quantitative estimate of drug-likeness (QED) is 0.617. The fourth-order valence-corrected chi connectivity index (χ4v) is 1.89. The van der Waals surface area contributed by atoms with Crippen molar-refractivity contribution < 1.29 is 14.7 Å². The van der Waals surface area contributed by atoms with Crippen molar-refractivity contribution in [3.05, 3.63) is 60.2 Å². The van der Waals surface area contributed by atoms with Crippen LogP contribution in [0.2, 0.25) is 0 Å². The van der Waals surface area contributed by atoms with Crippen LogP contribution in [0.15, 0.2) is 54.6 Å². The van der Waals surface area contributed by atoms with E-state index in [9.17, 15) is 9.59 Å². The summed E-state index contributed by atoms with van der Waals surface area (Å²) in [6.45, 7) is 0.436. The number of carbonyl (C=O) groups excluding carboxylic acids is 2. The fraction of sp³-hybridized carbons (Fsp3) is 0.176. The summed E-state index contributed by atoms with van der Waals surface area (Å²) in [5.41, 5.74) is 1.81. The lowest BCUT2D eigenvalue weighted by Crippen LogP contribution is -2.29. The second kappa shape index (κ2) is 8.55. The summed E-state index contributed by atoms with van der Waals surface area (Å²) >= 11 is 0. The fourth-order valence-electron chi connectivity index (χ4n) is 1.89. The van der Waals surface area contributed by atoms with E-state index in [-0.39, 0.29) is 18.5 Å². The van der Waals surface area contributed by atoms with Crippen LogP contribution >= 0.6 is 0 Å². The van der Waals surface area contributed by atoms with Crippen molar-refractivity contribution in [3.63, 3.8) is 0 Å². The molecule has 4 N–H and O–H groups in total. The molecule has 0 fully saturated rings. The van der Waals surface area contributed by atoms with Crippen LogP contribution in [0.25, 0.3) is 0 Å². The van der Waals surface area contributed by atoms with Crippen LogP contribution in [-0.4, -0.2) is 30.2 Å². The lowest BCUT2D eigenvalue weighted by molar-refractivity contribution is 0.102. The summed E-state index contributed by atoms with van der Waals surface area (Å²) in [4.78, 5) is 23.7. The Bertz CT molecular complexity index is 642. The number of para-hydroxylation sites is 1. The molecule has 0 spiro atoms. The topological polar surface area (TPSA) is 90.5 Å². The Morgan fingerprint density at radius 3 is 2.17 bits per heavy atom. The van der Waals surface area contributed by atoms with Crippen molar-refractivity contribution in [2.75, 3.05) is 23.8 Å². The summed E-state index contributed by atoms with van der Waals surface area (Å²) in [7, 11) is 0.